The molecule has 2 aromatic rings. The molecule has 0 aromatic heterocycles. The van der Waals surface area contributed by atoms with Gasteiger partial charge in [-0.2, -0.15) is 0 Å². The Bertz CT molecular complexity index is 895. The van der Waals surface area contributed by atoms with E-state index in [1.165, 1.54) is 27.8 Å². The van der Waals surface area contributed by atoms with E-state index in [1.54, 1.807) is 24.3 Å². The summed E-state index contributed by atoms with van der Waals surface area (Å²) >= 11 is 0. The zero-order chi connectivity index (χ0) is 23.3. The minimum Gasteiger partial charge on any atom is -0.508 e. The summed E-state index contributed by atoms with van der Waals surface area (Å²) < 4.78 is 0. The zero-order valence-corrected chi connectivity index (χ0v) is 20.3. The highest BCUT2D eigenvalue weighted by Crippen LogP contribution is 2.28. The lowest BCUT2D eigenvalue weighted by atomic mass is 9.88. The summed E-state index contributed by atoms with van der Waals surface area (Å²) in [7, 11) is 0. The standard InChI is InChI=1S/C30H40O2/c1-23(2)8-5-9-24(3)10-6-11-25(4)12-7-13-28(27-16-20-30(32)21-17-27)22-26-14-18-29(31)19-15-26/h8,10,12,14-21,28,31-32H,5-7,9,11,13,22H2,1-4H3. The SMILES string of the molecule is CC(C)=CCCC(C)=CCCC(C)=CCCC(Cc1ccc(O)cc1)c1ccc(O)cc1. The molecule has 0 aliphatic heterocycles. The van der Waals surface area contributed by atoms with E-state index in [4.69, 9.17) is 0 Å². The Hall–Kier alpha value is -2.74. The van der Waals surface area contributed by atoms with Crippen LogP contribution in [0.2, 0.25) is 0 Å². The lowest BCUT2D eigenvalue weighted by Gasteiger charge is -2.17. The molecule has 2 N–H and O–H groups in total. The molecule has 32 heavy (non-hydrogen) atoms. The molecule has 0 saturated carbocycles. The van der Waals surface area contributed by atoms with Crippen molar-refractivity contribution < 1.29 is 10.2 Å². The normalized spacial score (nSPS) is 13.1. The van der Waals surface area contributed by atoms with Crippen LogP contribution in [0.3, 0.4) is 0 Å². The van der Waals surface area contributed by atoms with Crippen molar-refractivity contribution in [1.29, 1.82) is 0 Å². The quantitative estimate of drug-likeness (QED) is 0.329. The first-order valence-corrected chi connectivity index (χ1v) is 11.8. The van der Waals surface area contributed by atoms with Crippen LogP contribution in [0.4, 0.5) is 0 Å². The van der Waals surface area contributed by atoms with Crippen LogP contribution < -0.4 is 0 Å². The predicted molar refractivity (Wildman–Crippen MR) is 137 cm³/mol. The van der Waals surface area contributed by atoms with Gasteiger partial charge in [0.25, 0.3) is 0 Å². The molecule has 2 nitrogen and oxygen atoms in total. The molecule has 2 rings (SSSR count). The molecule has 0 saturated heterocycles. The molecule has 0 spiro atoms. The third-order valence-electron chi connectivity index (χ3n) is 5.91. The Morgan fingerprint density at radius 3 is 1.75 bits per heavy atom. The van der Waals surface area contributed by atoms with Crippen molar-refractivity contribution in [2.24, 2.45) is 0 Å². The van der Waals surface area contributed by atoms with Gasteiger partial charge >= 0.3 is 0 Å². The fraction of sp³-hybridized carbons (Fsp3) is 0.400. The number of rotatable bonds is 12. The topological polar surface area (TPSA) is 40.5 Å². The summed E-state index contributed by atoms with van der Waals surface area (Å²) in [5.74, 6) is 0.980. The van der Waals surface area contributed by atoms with Crippen molar-refractivity contribution in [3.8, 4) is 11.5 Å². The van der Waals surface area contributed by atoms with E-state index in [2.05, 4.69) is 45.9 Å². The molecule has 1 atom stereocenters. The fourth-order valence-corrected chi connectivity index (χ4v) is 3.92. The monoisotopic (exact) mass is 432 g/mol. The maximum atomic E-state index is 9.66. The summed E-state index contributed by atoms with van der Waals surface area (Å²) in [5.41, 5.74) is 6.80. The first kappa shape index (κ1) is 25.5. The van der Waals surface area contributed by atoms with Gasteiger partial charge < -0.3 is 10.2 Å². The van der Waals surface area contributed by atoms with Crippen molar-refractivity contribution >= 4 is 0 Å². The third-order valence-corrected chi connectivity index (χ3v) is 5.91. The van der Waals surface area contributed by atoms with E-state index in [0.717, 1.165) is 44.9 Å². The number of benzene rings is 2. The molecule has 2 aromatic carbocycles. The third kappa shape index (κ3) is 10.0. The van der Waals surface area contributed by atoms with Crippen LogP contribution in [0.15, 0.2) is 83.5 Å². The highest BCUT2D eigenvalue weighted by Gasteiger charge is 2.12. The van der Waals surface area contributed by atoms with E-state index in [-0.39, 0.29) is 0 Å². The second-order valence-electron chi connectivity index (χ2n) is 9.20. The maximum Gasteiger partial charge on any atom is 0.115 e. The molecule has 2 heteroatoms. The second kappa shape index (κ2) is 13.6. The van der Waals surface area contributed by atoms with Crippen LogP contribution in [0.5, 0.6) is 11.5 Å². The van der Waals surface area contributed by atoms with Crippen molar-refractivity contribution in [2.45, 2.75) is 78.6 Å². The number of phenolic OH excluding ortho intramolecular Hbond substituents is 2. The highest BCUT2D eigenvalue weighted by molar-refractivity contribution is 5.31. The summed E-state index contributed by atoms with van der Waals surface area (Å²) in [5, 5.41) is 19.2. The average molecular weight is 433 g/mol. The van der Waals surface area contributed by atoms with Crippen LogP contribution in [0, 0.1) is 0 Å². The number of phenols is 2. The van der Waals surface area contributed by atoms with Gasteiger partial charge in [0.1, 0.15) is 11.5 Å². The van der Waals surface area contributed by atoms with Crippen LogP contribution >= 0.6 is 0 Å². The van der Waals surface area contributed by atoms with Gasteiger partial charge in [0.2, 0.25) is 0 Å². The predicted octanol–water partition coefficient (Wildman–Crippen LogP) is 8.62. The molecule has 172 valence electrons. The molecule has 0 fully saturated rings. The van der Waals surface area contributed by atoms with Crippen molar-refractivity contribution in [3.63, 3.8) is 0 Å². The number of allylic oxidation sites excluding steroid dienone is 6. The largest absolute Gasteiger partial charge is 0.508 e. The Balaban J connectivity index is 1.90. The Morgan fingerprint density at radius 1 is 0.688 bits per heavy atom. The Kier molecular flexibility index (Phi) is 10.9. The van der Waals surface area contributed by atoms with Gasteiger partial charge in [-0.25, -0.2) is 0 Å². The molecule has 0 aliphatic rings. The van der Waals surface area contributed by atoms with E-state index in [0.29, 0.717) is 17.4 Å². The second-order valence-corrected chi connectivity index (χ2v) is 9.20. The van der Waals surface area contributed by atoms with Crippen molar-refractivity contribution in [3.05, 3.63) is 94.6 Å². The maximum absolute atomic E-state index is 9.66. The van der Waals surface area contributed by atoms with E-state index < -0.39 is 0 Å². The van der Waals surface area contributed by atoms with Gasteiger partial charge in [-0.05, 0) is 114 Å². The molecule has 0 radical (unpaired) electrons. The van der Waals surface area contributed by atoms with Crippen molar-refractivity contribution in [1.82, 2.24) is 0 Å². The van der Waals surface area contributed by atoms with Gasteiger partial charge in [-0.1, -0.05) is 59.2 Å². The molecular weight excluding hydrogens is 392 g/mol. The summed E-state index contributed by atoms with van der Waals surface area (Å²) in [4.78, 5) is 0. The van der Waals surface area contributed by atoms with Gasteiger partial charge in [0.05, 0.1) is 0 Å². The van der Waals surface area contributed by atoms with Crippen LogP contribution in [0.1, 0.15) is 83.3 Å². The minimum absolute atomic E-state index is 0.301. The zero-order valence-electron chi connectivity index (χ0n) is 20.3. The van der Waals surface area contributed by atoms with E-state index >= 15 is 0 Å². The Labute approximate surface area is 195 Å². The molecule has 0 bridgehead atoms. The van der Waals surface area contributed by atoms with Crippen molar-refractivity contribution in [2.75, 3.05) is 0 Å². The van der Waals surface area contributed by atoms with E-state index in [9.17, 15) is 10.2 Å². The van der Waals surface area contributed by atoms with Gasteiger partial charge in [0, 0.05) is 0 Å². The lowest BCUT2D eigenvalue weighted by Crippen LogP contribution is -2.03. The first-order chi connectivity index (χ1) is 15.3. The average Bonchev–Trinajstić information content (AvgIpc) is 2.75. The van der Waals surface area contributed by atoms with Crippen LogP contribution in [-0.4, -0.2) is 10.2 Å². The molecule has 0 heterocycles. The van der Waals surface area contributed by atoms with Gasteiger partial charge in [-0.15, -0.1) is 0 Å². The number of hydrogen-bond acceptors (Lipinski definition) is 2. The van der Waals surface area contributed by atoms with Gasteiger partial charge in [-0.3, -0.25) is 0 Å². The smallest absolute Gasteiger partial charge is 0.115 e. The van der Waals surface area contributed by atoms with Crippen LogP contribution in [-0.2, 0) is 6.42 Å². The molecule has 0 amide bonds. The summed E-state index contributed by atoms with van der Waals surface area (Å²) in [6, 6.07) is 15.1. The number of hydrogen-bond donors (Lipinski definition) is 2. The molecule has 0 aliphatic carbocycles. The summed E-state index contributed by atoms with van der Waals surface area (Å²) in [6.45, 7) is 8.79. The Morgan fingerprint density at radius 2 is 1.19 bits per heavy atom. The number of aromatic hydroxyl groups is 2. The fourth-order valence-electron chi connectivity index (χ4n) is 3.92. The van der Waals surface area contributed by atoms with Gasteiger partial charge in [0.15, 0.2) is 0 Å². The molecular formula is C30H40O2. The minimum atomic E-state index is 0.301. The summed E-state index contributed by atoms with van der Waals surface area (Å²) in [6.07, 6.45) is 14.6. The first-order valence-electron chi connectivity index (χ1n) is 11.8. The highest BCUT2D eigenvalue weighted by atomic mass is 16.3. The van der Waals surface area contributed by atoms with E-state index in [1.807, 2.05) is 24.3 Å². The van der Waals surface area contributed by atoms with Crippen LogP contribution in [0.25, 0.3) is 0 Å². The lowest BCUT2D eigenvalue weighted by molar-refractivity contribution is 0.473. The molecule has 1 unspecified atom stereocenters.